The predicted octanol–water partition coefficient (Wildman–Crippen LogP) is 2.87. The zero-order valence-electron chi connectivity index (χ0n) is 16.2. The molecule has 2 aromatic carbocycles. The molecule has 0 spiro atoms. The maximum atomic E-state index is 12.9. The summed E-state index contributed by atoms with van der Waals surface area (Å²) in [6, 6.07) is 9.83. The van der Waals surface area contributed by atoms with Crippen molar-refractivity contribution in [2.45, 2.75) is 20.4 Å². The SMILES string of the molecule is CCOC(=O)c1cc(OCC(=O)NCc2ccc(F)cc2)cc(C(=O)OCC)c1. The number of carbonyl (C=O) groups is 3. The van der Waals surface area contributed by atoms with E-state index in [9.17, 15) is 18.8 Å². The number of amides is 1. The summed E-state index contributed by atoms with van der Waals surface area (Å²) < 4.78 is 28.2. The van der Waals surface area contributed by atoms with Gasteiger partial charge in [-0.05, 0) is 49.7 Å². The van der Waals surface area contributed by atoms with Crippen molar-refractivity contribution < 1.29 is 33.0 Å². The molecule has 1 N–H and O–H groups in total. The molecule has 1 amide bonds. The molecule has 0 heterocycles. The van der Waals surface area contributed by atoms with E-state index in [2.05, 4.69) is 5.32 Å². The van der Waals surface area contributed by atoms with Crippen LogP contribution in [0.15, 0.2) is 42.5 Å². The normalized spacial score (nSPS) is 10.2. The van der Waals surface area contributed by atoms with Crippen LogP contribution in [-0.2, 0) is 20.8 Å². The maximum Gasteiger partial charge on any atom is 0.338 e. The fourth-order valence-electron chi connectivity index (χ4n) is 2.35. The Morgan fingerprint density at radius 2 is 1.45 bits per heavy atom. The molecule has 29 heavy (non-hydrogen) atoms. The molecule has 8 heteroatoms. The van der Waals surface area contributed by atoms with Crippen LogP contribution in [0.25, 0.3) is 0 Å². The van der Waals surface area contributed by atoms with Crippen molar-refractivity contribution in [2.75, 3.05) is 19.8 Å². The van der Waals surface area contributed by atoms with Crippen LogP contribution < -0.4 is 10.1 Å². The number of ether oxygens (including phenoxy) is 3. The summed E-state index contributed by atoms with van der Waals surface area (Å²) in [6.07, 6.45) is 0. The summed E-state index contributed by atoms with van der Waals surface area (Å²) >= 11 is 0. The highest BCUT2D eigenvalue weighted by Gasteiger charge is 2.16. The fraction of sp³-hybridized carbons (Fsp3) is 0.286. The molecule has 2 rings (SSSR count). The van der Waals surface area contributed by atoms with Crippen LogP contribution in [0.2, 0.25) is 0 Å². The molecule has 0 aromatic heterocycles. The second-order valence-corrected chi connectivity index (χ2v) is 5.88. The Bertz CT molecular complexity index is 830. The van der Waals surface area contributed by atoms with Gasteiger partial charge < -0.3 is 19.5 Å². The summed E-state index contributed by atoms with van der Waals surface area (Å²) in [7, 11) is 0. The molecule has 0 saturated heterocycles. The van der Waals surface area contributed by atoms with Crippen LogP contribution in [-0.4, -0.2) is 37.7 Å². The molecular formula is C21H22FNO6. The molecular weight excluding hydrogens is 381 g/mol. The minimum atomic E-state index is -0.621. The highest BCUT2D eigenvalue weighted by Crippen LogP contribution is 2.19. The Labute approximate surface area is 167 Å². The summed E-state index contributed by atoms with van der Waals surface area (Å²) in [6.45, 7) is 3.54. The molecule has 0 radical (unpaired) electrons. The van der Waals surface area contributed by atoms with Crippen LogP contribution in [0.1, 0.15) is 40.1 Å². The second-order valence-electron chi connectivity index (χ2n) is 5.88. The predicted molar refractivity (Wildman–Crippen MR) is 102 cm³/mol. The van der Waals surface area contributed by atoms with Gasteiger partial charge in [0.25, 0.3) is 5.91 Å². The van der Waals surface area contributed by atoms with E-state index in [0.717, 1.165) is 5.56 Å². The molecule has 154 valence electrons. The second kappa shape index (κ2) is 10.8. The topological polar surface area (TPSA) is 90.9 Å². The van der Waals surface area contributed by atoms with Crippen LogP contribution in [0.3, 0.4) is 0 Å². The Morgan fingerprint density at radius 3 is 1.97 bits per heavy atom. The minimum Gasteiger partial charge on any atom is -0.484 e. The standard InChI is InChI=1S/C21H22FNO6/c1-3-27-20(25)15-9-16(21(26)28-4-2)11-18(10-15)29-13-19(24)23-12-14-5-7-17(22)8-6-14/h5-11H,3-4,12-13H2,1-2H3,(H,23,24). The molecule has 0 saturated carbocycles. The third-order valence-electron chi connectivity index (χ3n) is 3.70. The van der Waals surface area contributed by atoms with E-state index in [1.54, 1.807) is 26.0 Å². The van der Waals surface area contributed by atoms with Crippen molar-refractivity contribution in [3.05, 3.63) is 65.0 Å². The Kier molecular flexibility index (Phi) is 8.14. The Hall–Kier alpha value is -3.42. The largest absolute Gasteiger partial charge is 0.484 e. The van der Waals surface area contributed by atoms with E-state index >= 15 is 0 Å². The average molecular weight is 403 g/mol. The highest BCUT2D eigenvalue weighted by molar-refractivity contribution is 5.96. The molecule has 2 aromatic rings. The molecule has 0 atom stereocenters. The average Bonchev–Trinajstić information content (AvgIpc) is 2.72. The van der Waals surface area contributed by atoms with Gasteiger partial charge in [0, 0.05) is 6.54 Å². The van der Waals surface area contributed by atoms with Crippen LogP contribution in [0.5, 0.6) is 5.75 Å². The number of hydrogen-bond acceptors (Lipinski definition) is 6. The molecule has 0 bridgehead atoms. The number of carbonyl (C=O) groups excluding carboxylic acids is 3. The van der Waals surface area contributed by atoms with Gasteiger partial charge in [0.1, 0.15) is 11.6 Å². The Morgan fingerprint density at radius 1 is 0.897 bits per heavy atom. The first kappa shape index (κ1) is 21.9. The molecule has 7 nitrogen and oxygen atoms in total. The van der Waals surface area contributed by atoms with Gasteiger partial charge in [-0.1, -0.05) is 12.1 Å². The summed E-state index contributed by atoms with van der Waals surface area (Å²) in [5.74, 6) is -1.88. The van der Waals surface area contributed by atoms with Gasteiger partial charge in [0.05, 0.1) is 24.3 Å². The molecule has 0 fully saturated rings. The van der Waals surface area contributed by atoms with E-state index in [-0.39, 0.29) is 49.1 Å². The van der Waals surface area contributed by atoms with Crippen molar-refractivity contribution in [2.24, 2.45) is 0 Å². The lowest BCUT2D eigenvalue weighted by molar-refractivity contribution is -0.123. The molecule has 0 aliphatic rings. The lowest BCUT2D eigenvalue weighted by atomic mass is 10.1. The number of hydrogen-bond donors (Lipinski definition) is 1. The first-order valence-corrected chi connectivity index (χ1v) is 9.06. The summed E-state index contributed by atoms with van der Waals surface area (Å²) in [4.78, 5) is 36.0. The zero-order chi connectivity index (χ0) is 21.2. The summed E-state index contributed by atoms with van der Waals surface area (Å²) in [5, 5.41) is 2.63. The van der Waals surface area contributed by atoms with E-state index < -0.39 is 17.8 Å². The monoisotopic (exact) mass is 403 g/mol. The third kappa shape index (κ3) is 6.91. The van der Waals surface area contributed by atoms with Crippen molar-refractivity contribution in [1.82, 2.24) is 5.32 Å². The van der Waals surface area contributed by atoms with E-state index in [1.807, 2.05) is 0 Å². The maximum absolute atomic E-state index is 12.9. The molecule has 0 aliphatic heterocycles. The zero-order valence-corrected chi connectivity index (χ0v) is 16.2. The summed E-state index contributed by atoms with van der Waals surface area (Å²) in [5.41, 5.74) is 0.951. The number of rotatable bonds is 9. The first-order chi connectivity index (χ1) is 13.9. The number of nitrogens with one attached hydrogen (secondary N) is 1. The third-order valence-corrected chi connectivity index (χ3v) is 3.70. The smallest absolute Gasteiger partial charge is 0.338 e. The van der Waals surface area contributed by atoms with Crippen molar-refractivity contribution in [1.29, 1.82) is 0 Å². The first-order valence-electron chi connectivity index (χ1n) is 9.06. The van der Waals surface area contributed by atoms with E-state index in [4.69, 9.17) is 14.2 Å². The molecule has 0 unspecified atom stereocenters. The van der Waals surface area contributed by atoms with Crippen LogP contribution in [0, 0.1) is 5.82 Å². The fourth-order valence-corrected chi connectivity index (χ4v) is 2.35. The number of halogens is 1. The van der Waals surface area contributed by atoms with Crippen LogP contribution >= 0.6 is 0 Å². The Balaban J connectivity index is 2.03. The molecule has 0 aliphatic carbocycles. The van der Waals surface area contributed by atoms with Gasteiger partial charge in [0.15, 0.2) is 6.61 Å². The van der Waals surface area contributed by atoms with Crippen molar-refractivity contribution in [3.63, 3.8) is 0 Å². The van der Waals surface area contributed by atoms with Gasteiger partial charge in [-0.3, -0.25) is 4.79 Å². The van der Waals surface area contributed by atoms with E-state index in [1.165, 1.54) is 30.3 Å². The number of benzene rings is 2. The van der Waals surface area contributed by atoms with Gasteiger partial charge in [-0.25, -0.2) is 14.0 Å². The lowest BCUT2D eigenvalue weighted by Crippen LogP contribution is -2.28. The van der Waals surface area contributed by atoms with Crippen molar-refractivity contribution >= 4 is 17.8 Å². The van der Waals surface area contributed by atoms with Crippen molar-refractivity contribution in [3.8, 4) is 5.75 Å². The van der Waals surface area contributed by atoms with Gasteiger partial charge in [-0.15, -0.1) is 0 Å². The number of esters is 2. The van der Waals surface area contributed by atoms with Gasteiger partial charge >= 0.3 is 11.9 Å². The quantitative estimate of drug-likeness (QED) is 0.648. The van der Waals surface area contributed by atoms with E-state index in [0.29, 0.717) is 0 Å². The van der Waals surface area contributed by atoms with Gasteiger partial charge in [-0.2, -0.15) is 0 Å². The minimum absolute atomic E-state index is 0.110. The van der Waals surface area contributed by atoms with Crippen LogP contribution in [0.4, 0.5) is 4.39 Å². The highest BCUT2D eigenvalue weighted by atomic mass is 19.1. The van der Waals surface area contributed by atoms with Gasteiger partial charge in [0.2, 0.25) is 0 Å². The lowest BCUT2D eigenvalue weighted by Gasteiger charge is -2.11.